The van der Waals surface area contributed by atoms with Crippen LogP contribution >= 0.6 is 0 Å². The fourth-order valence-corrected chi connectivity index (χ4v) is 2.50. The Labute approximate surface area is 115 Å². The van der Waals surface area contributed by atoms with Gasteiger partial charge in [0.25, 0.3) is 0 Å². The number of aryl methyl sites for hydroxylation is 1. The lowest BCUT2D eigenvalue weighted by Crippen LogP contribution is -2.06. The summed E-state index contributed by atoms with van der Waals surface area (Å²) < 4.78 is 7.26. The van der Waals surface area contributed by atoms with Crippen molar-refractivity contribution in [2.24, 2.45) is 7.05 Å². The quantitative estimate of drug-likeness (QED) is 0.770. The fourth-order valence-electron chi connectivity index (χ4n) is 2.50. The van der Waals surface area contributed by atoms with Crippen molar-refractivity contribution in [3.05, 3.63) is 48.2 Å². The van der Waals surface area contributed by atoms with E-state index < -0.39 is 0 Å². The summed E-state index contributed by atoms with van der Waals surface area (Å²) in [4.78, 5) is 8.54. The van der Waals surface area contributed by atoms with Gasteiger partial charge in [0.15, 0.2) is 0 Å². The normalized spacial score (nSPS) is 16.9. The van der Waals surface area contributed by atoms with Gasteiger partial charge in [0.05, 0.1) is 12.5 Å². The zero-order valence-corrected chi connectivity index (χ0v) is 10.9. The van der Waals surface area contributed by atoms with Crippen LogP contribution in [0.25, 0.3) is 11.5 Å². The summed E-state index contributed by atoms with van der Waals surface area (Å²) in [7, 11) is 1.90. The van der Waals surface area contributed by atoms with Crippen LogP contribution in [0.3, 0.4) is 0 Å². The van der Waals surface area contributed by atoms with Gasteiger partial charge in [-0.1, -0.05) is 23.4 Å². The van der Waals surface area contributed by atoms with Crippen molar-refractivity contribution in [3.63, 3.8) is 0 Å². The zero-order chi connectivity index (χ0) is 13.5. The zero-order valence-electron chi connectivity index (χ0n) is 10.9. The molecule has 0 radical (unpaired) electrons. The second-order valence-corrected chi connectivity index (χ2v) is 4.90. The largest absolute Gasteiger partial charge is 0.373 e. The summed E-state index contributed by atoms with van der Waals surface area (Å²) >= 11 is 0. The number of benzene rings is 1. The first-order valence-corrected chi connectivity index (χ1v) is 6.46. The number of fused-ring (bicyclic) bond motifs is 1. The van der Waals surface area contributed by atoms with Crippen molar-refractivity contribution in [2.45, 2.75) is 12.5 Å². The van der Waals surface area contributed by atoms with E-state index in [2.05, 4.69) is 32.6 Å². The molecule has 100 valence electrons. The lowest BCUT2D eigenvalue weighted by Gasteiger charge is -2.04. The predicted octanol–water partition coefficient (Wildman–Crippen LogP) is 2.18. The van der Waals surface area contributed by atoms with Crippen molar-refractivity contribution in [2.75, 3.05) is 5.32 Å². The van der Waals surface area contributed by atoms with Gasteiger partial charge in [0, 0.05) is 19.2 Å². The Morgan fingerprint density at radius 3 is 3.05 bits per heavy atom. The molecule has 1 aromatic carbocycles. The molecule has 1 aliphatic heterocycles. The number of para-hydroxylation sites is 1. The third kappa shape index (κ3) is 1.69. The molecule has 3 heterocycles. The SMILES string of the molecule is Cn1cncc1-c1noc([C@@H]2Cc3ccccc3N2)n1. The maximum absolute atomic E-state index is 5.39. The standard InChI is InChI=1S/C14H13N5O/c1-19-8-15-7-12(19)13-17-14(20-18-13)11-6-9-4-2-3-5-10(9)16-11/h2-5,7-8,11,16H,6H2,1H3/t11-/m0/s1. The Morgan fingerprint density at radius 1 is 1.35 bits per heavy atom. The molecule has 0 unspecified atom stereocenters. The number of hydrogen-bond donors (Lipinski definition) is 1. The van der Waals surface area contributed by atoms with Crippen LogP contribution in [0.2, 0.25) is 0 Å². The fraction of sp³-hybridized carbons (Fsp3) is 0.214. The molecule has 0 aliphatic carbocycles. The van der Waals surface area contributed by atoms with Crippen molar-refractivity contribution < 1.29 is 4.52 Å². The van der Waals surface area contributed by atoms with Gasteiger partial charge in [-0.2, -0.15) is 4.98 Å². The number of aromatic nitrogens is 4. The molecule has 1 N–H and O–H groups in total. The number of hydrogen-bond acceptors (Lipinski definition) is 5. The maximum atomic E-state index is 5.39. The van der Waals surface area contributed by atoms with Crippen LogP contribution in [0, 0.1) is 0 Å². The topological polar surface area (TPSA) is 68.8 Å². The first-order chi connectivity index (χ1) is 9.81. The summed E-state index contributed by atoms with van der Waals surface area (Å²) in [5, 5.41) is 7.45. The number of rotatable bonds is 2. The summed E-state index contributed by atoms with van der Waals surface area (Å²) in [5.74, 6) is 1.18. The van der Waals surface area contributed by atoms with E-state index in [4.69, 9.17) is 4.52 Å². The molecule has 4 rings (SSSR count). The number of anilines is 1. The van der Waals surface area contributed by atoms with E-state index in [0.717, 1.165) is 17.8 Å². The monoisotopic (exact) mass is 267 g/mol. The van der Waals surface area contributed by atoms with Crippen LogP contribution in [0.5, 0.6) is 0 Å². The van der Waals surface area contributed by atoms with Crippen molar-refractivity contribution in [3.8, 4) is 11.5 Å². The molecule has 0 bridgehead atoms. The van der Waals surface area contributed by atoms with Gasteiger partial charge in [0.2, 0.25) is 11.7 Å². The molecular formula is C14H13N5O. The molecule has 6 nitrogen and oxygen atoms in total. The lowest BCUT2D eigenvalue weighted by molar-refractivity contribution is 0.364. The number of nitrogens with zero attached hydrogens (tertiary/aromatic N) is 4. The second-order valence-electron chi connectivity index (χ2n) is 4.90. The minimum atomic E-state index is 0.0434. The highest BCUT2D eigenvalue weighted by Gasteiger charge is 2.27. The minimum Gasteiger partial charge on any atom is -0.373 e. The third-order valence-electron chi connectivity index (χ3n) is 3.56. The van der Waals surface area contributed by atoms with E-state index in [9.17, 15) is 0 Å². The van der Waals surface area contributed by atoms with Gasteiger partial charge < -0.3 is 14.4 Å². The van der Waals surface area contributed by atoms with E-state index >= 15 is 0 Å². The van der Waals surface area contributed by atoms with E-state index in [1.165, 1.54) is 5.56 Å². The van der Waals surface area contributed by atoms with Crippen LogP contribution in [0.15, 0.2) is 41.3 Å². The summed E-state index contributed by atoms with van der Waals surface area (Å²) in [6, 6.07) is 8.27. The van der Waals surface area contributed by atoms with Crippen molar-refractivity contribution >= 4 is 5.69 Å². The highest BCUT2D eigenvalue weighted by atomic mass is 16.5. The van der Waals surface area contributed by atoms with Gasteiger partial charge in [-0.3, -0.25) is 0 Å². The number of imidazole rings is 1. The highest BCUT2D eigenvalue weighted by molar-refractivity contribution is 5.57. The Balaban J connectivity index is 1.63. The van der Waals surface area contributed by atoms with Crippen molar-refractivity contribution in [1.29, 1.82) is 0 Å². The molecule has 6 heteroatoms. The van der Waals surface area contributed by atoms with Crippen molar-refractivity contribution in [1.82, 2.24) is 19.7 Å². The highest BCUT2D eigenvalue weighted by Crippen LogP contribution is 2.33. The van der Waals surface area contributed by atoms with Crippen LogP contribution in [0.4, 0.5) is 5.69 Å². The third-order valence-corrected chi connectivity index (χ3v) is 3.56. The first-order valence-electron chi connectivity index (χ1n) is 6.46. The average Bonchev–Trinajstić information content (AvgIpc) is 3.15. The number of nitrogens with one attached hydrogen (secondary N) is 1. The molecule has 20 heavy (non-hydrogen) atoms. The summed E-state index contributed by atoms with van der Waals surface area (Å²) in [6.45, 7) is 0. The molecule has 2 aromatic heterocycles. The molecule has 3 aromatic rings. The van der Waals surface area contributed by atoms with Crippen LogP contribution in [-0.2, 0) is 13.5 Å². The molecule has 0 amide bonds. The Hall–Kier alpha value is -2.63. The predicted molar refractivity (Wildman–Crippen MR) is 73.0 cm³/mol. The van der Waals surface area contributed by atoms with Gasteiger partial charge in [0.1, 0.15) is 11.7 Å². The van der Waals surface area contributed by atoms with E-state index in [1.807, 2.05) is 23.7 Å². The second kappa shape index (κ2) is 4.19. The van der Waals surface area contributed by atoms with Crippen LogP contribution in [0.1, 0.15) is 17.5 Å². The van der Waals surface area contributed by atoms with Crippen LogP contribution in [-0.4, -0.2) is 19.7 Å². The van der Waals surface area contributed by atoms with Gasteiger partial charge in [-0.25, -0.2) is 4.98 Å². The minimum absolute atomic E-state index is 0.0434. The summed E-state index contributed by atoms with van der Waals surface area (Å²) in [5.41, 5.74) is 3.26. The Bertz CT molecular complexity index is 735. The molecule has 1 atom stereocenters. The van der Waals surface area contributed by atoms with E-state index in [-0.39, 0.29) is 6.04 Å². The average molecular weight is 267 g/mol. The molecule has 0 saturated heterocycles. The summed E-state index contributed by atoms with van der Waals surface area (Å²) in [6.07, 6.45) is 4.31. The molecule has 0 fully saturated rings. The molecular weight excluding hydrogens is 254 g/mol. The maximum Gasteiger partial charge on any atom is 0.249 e. The molecule has 1 aliphatic rings. The smallest absolute Gasteiger partial charge is 0.249 e. The Morgan fingerprint density at radius 2 is 2.25 bits per heavy atom. The first kappa shape index (κ1) is 11.2. The van der Waals surface area contributed by atoms with Gasteiger partial charge in [-0.15, -0.1) is 0 Å². The Kier molecular flexibility index (Phi) is 2.35. The molecule has 0 saturated carbocycles. The van der Waals surface area contributed by atoms with Gasteiger partial charge >= 0.3 is 0 Å². The lowest BCUT2D eigenvalue weighted by atomic mass is 10.1. The molecule has 0 spiro atoms. The van der Waals surface area contributed by atoms with Gasteiger partial charge in [-0.05, 0) is 11.6 Å². The van der Waals surface area contributed by atoms with E-state index in [1.54, 1.807) is 12.5 Å². The van der Waals surface area contributed by atoms with E-state index in [0.29, 0.717) is 11.7 Å². The van der Waals surface area contributed by atoms with Crippen LogP contribution < -0.4 is 5.32 Å².